The Morgan fingerprint density at radius 2 is 1.73 bits per heavy atom. The standard InChI is InChI=1S/C12H22O10/c1-4-7(17)9(19)10(20)12(21-4)22-11(6(16)3-14)8(18)5(15)2-13/h3-13,15-20H,2H2,1H3/t4-,5-,6+,7+,8+,9+,10-,11+,12+/m1/s1. The van der Waals surface area contributed by atoms with Crippen molar-refractivity contribution >= 4 is 6.29 Å². The first kappa shape index (κ1) is 19.4. The van der Waals surface area contributed by atoms with Gasteiger partial charge in [-0.25, -0.2) is 0 Å². The number of hydrogen-bond acceptors (Lipinski definition) is 10. The monoisotopic (exact) mass is 326 g/mol. The van der Waals surface area contributed by atoms with Gasteiger partial charge in [0.15, 0.2) is 12.6 Å². The molecule has 0 unspecified atom stereocenters. The second kappa shape index (κ2) is 8.24. The molecule has 9 atom stereocenters. The number of hydrogen-bond donors (Lipinski definition) is 7. The predicted octanol–water partition coefficient (Wildman–Crippen LogP) is -4.53. The molecule has 0 aliphatic carbocycles. The Morgan fingerprint density at radius 1 is 1.14 bits per heavy atom. The first-order chi connectivity index (χ1) is 10.2. The molecule has 0 bridgehead atoms. The van der Waals surface area contributed by atoms with E-state index in [0.717, 1.165) is 0 Å². The van der Waals surface area contributed by atoms with Crippen LogP contribution in [0.5, 0.6) is 0 Å². The van der Waals surface area contributed by atoms with E-state index in [1.807, 2.05) is 0 Å². The van der Waals surface area contributed by atoms with Gasteiger partial charge in [-0.05, 0) is 6.92 Å². The molecule has 0 aromatic heterocycles. The van der Waals surface area contributed by atoms with Crippen LogP contribution in [0.3, 0.4) is 0 Å². The summed E-state index contributed by atoms with van der Waals surface area (Å²) in [4.78, 5) is 10.7. The lowest BCUT2D eigenvalue weighted by atomic mass is 9.99. The minimum atomic E-state index is -1.88. The summed E-state index contributed by atoms with van der Waals surface area (Å²) in [5, 5.41) is 66.5. The summed E-state index contributed by atoms with van der Waals surface area (Å²) in [6.45, 7) is 0.526. The SMILES string of the molecule is C[C@H]1O[C@@H](O[C@H]([C@@H](O)[C@H](O)CO)[C@@H](O)C=O)[C@H](O)[C@@H](O)[C@H]1O. The fourth-order valence-electron chi connectivity index (χ4n) is 2.05. The number of carbonyl (C=O) groups is 1. The predicted molar refractivity (Wildman–Crippen MR) is 68.4 cm³/mol. The molecule has 0 saturated carbocycles. The van der Waals surface area contributed by atoms with Gasteiger partial charge in [0, 0.05) is 0 Å². The van der Waals surface area contributed by atoms with Crippen molar-refractivity contribution in [2.45, 2.75) is 62.0 Å². The lowest BCUT2D eigenvalue weighted by Crippen LogP contribution is -2.60. The third-order valence-electron chi connectivity index (χ3n) is 3.49. The topological polar surface area (TPSA) is 177 Å². The molecule has 1 fully saturated rings. The molecule has 0 aromatic carbocycles. The van der Waals surface area contributed by atoms with Gasteiger partial charge < -0.3 is 50.0 Å². The van der Waals surface area contributed by atoms with Gasteiger partial charge in [-0.2, -0.15) is 0 Å². The number of rotatable bonds is 7. The van der Waals surface area contributed by atoms with Crippen LogP contribution in [0.15, 0.2) is 0 Å². The summed E-state index contributed by atoms with van der Waals surface area (Å²) < 4.78 is 10.2. The average molecular weight is 326 g/mol. The maximum absolute atomic E-state index is 10.7. The molecule has 7 N–H and O–H groups in total. The van der Waals surface area contributed by atoms with Gasteiger partial charge in [-0.15, -0.1) is 0 Å². The van der Waals surface area contributed by atoms with Crippen LogP contribution < -0.4 is 0 Å². The van der Waals surface area contributed by atoms with E-state index in [9.17, 15) is 35.4 Å². The molecule has 0 spiro atoms. The number of ether oxygens (including phenoxy) is 2. The summed E-state index contributed by atoms with van der Waals surface area (Å²) in [6, 6.07) is 0. The molecule has 10 nitrogen and oxygen atoms in total. The molecule has 1 aliphatic heterocycles. The molecule has 1 aliphatic rings. The minimum Gasteiger partial charge on any atom is -0.394 e. The van der Waals surface area contributed by atoms with Gasteiger partial charge >= 0.3 is 0 Å². The van der Waals surface area contributed by atoms with Crippen LogP contribution in [0.4, 0.5) is 0 Å². The molecular weight excluding hydrogens is 304 g/mol. The molecule has 10 heteroatoms. The molecule has 1 heterocycles. The highest BCUT2D eigenvalue weighted by Crippen LogP contribution is 2.24. The van der Waals surface area contributed by atoms with Crippen molar-refractivity contribution in [3.8, 4) is 0 Å². The van der Waals surface area contributed by atoms with Crippen molar-refractivity contribution in [3.63, 3.8) is 0 Å². The lowest BCUT2D eigenvalue weighted by Gasteiger charge is -2.41. The third kappa shape index (κ3) is 4.19. The second-order valence-electron chi connectivity index (χ2n) is 5.15. The smallest absolute Gasteiger partial charge is 0.187 e. The minimum absolute atomic E-state index is 0.0297. The van der Waals surface area contributed by atoms with E-state index in [1.54, 1.807) is 0 Å². The van der Waals surface area contributed by atoms with Gasteiger partial charge in [-0.3, -0.25) is 0 Å². The fraction of sp³-hybridized carbons (Fsp3) is 0.917. The van der Waals surface area contributed by atoms with E-state index < -0.39 is 61.7 Å². The van der Waals surface area contributed by atoms with Crippen LogP contribution in [-0.4, -0.2) is 104 Å². The summed E-state index contributed by atoms with van der Waals surface area (Å²) in [7, 11) is 0. The number of aliphatic hydroxyl groups excluding tert-OH is 7. The Hall–Kier alpha value is -0.690. The number of aliphatic hydroxyl groups is 7. The fourth-order valence-corrected chi connectivity index (χ4v) is 2.05. The molecular formula is C12H22O10. The van der Waals surface area contributed by atoms with Crippen molar-refractivity contribution in [2.24, 2.45) is 0 Å². The molecule has 0 aromatic rings. The highest BCUT2D eigenvalue weighted by Gasteiger charge is 2.45. The van der Waals surface area contributed by atoms with Gasteiger partial charge in [0.05, 0.1) is 12.7 Å². The van der Waals surface area contributed by atoms with Crippen LogP contribution in [0.2, 0.25) is 0 Å². The highest BCUT2D eigenvalue weighted by molar-refractivity contribution is 5.56. The Balaban J connectivity index is 2.87. The average Bonchev–Trinajstić information content (AvgIpc) is 2.52. The maximum Gasteiger partial charge on any atom is 0.187 e. The second-order valence-corrected chi connectivity index (χ2v) is 5.15. The van der Waals surface area contributed by atoms with Crippen LogP contribution in [0.1, 0.15) is 6.92 Å². The molecule has 1 rings (SSSR count). The normalized spacial score (nSPS) is 38.1. The van der Waals surface area contributed by atoms with Crippen LogP contribution in [0.25, 0.3) is 0 Å². The summed E-state index contributed by atoms with van der Waals surface area (Å²) in [5.74, 6) is 0. The van der Waals surface area contributed by atoms with Crippen LogP contribution in [0, 0.1) is 0 Å². The molecule has 1 saturated heterocycles. The van der Waals surface area contributed by atoms with Crippen molar-refractivity contribution in [1.29, 1.82) is 0 Å². The molecule has 22 heavy (non-hydrogen) atoms. The summed E-state index contributed by atoms with van der Waals surface area (Å²) in [5.41, 5.74) is 0. The summed E-state index contributed by atoms with van der Waals surface area (Å²) >= 11 is 0. The van der Waals surface area contributed by atoms with Gasteiger partial charge in [0.2, 0.25) is 0 Å². The van der Waals surface area contributed by atoms with Gasteiger partial charge in [0.25, 0.3) is 0 Å². The molecule has 0 amide bonds. The Kier molecular flexibility index (Phi) is 7.25. The lowest BCUT2D eigenvalue weighted by molar-refractivity contribution is -0.318. The van der Waals surface area contributed by atoms with E-state index >= 15 is 0 Å². The van der Waals surface area contributed by atoms with E-state index in [4.69, 9.17) is 14.6 Å². The Bertz CT molecular complexity index is 353. The highest BCUT2D eigenvalue weighted by atomic mass is 16.7. The third-order valence-corrected chi connectivity index (χ3v) is 3.49. The van der Waals surface area contributed by atoms with E-state index in [2.05, 4.69) is 0 Å². The van der Waals surface area contributed by atoms with Gasteiger partial charge in [-0.1, -0.05) is 0 Å². The zero-order valence-electron chi connectivity index (χ0n) is 11.8. The van der Waals surface area contributed by atoms with Crippen LogP contribution >= 0.6 is 0 Å². The van der Waals surface area contributed by atoms with E-state index in [1.165, 1.54) is 6.92 Å². The van der Waals surface area contributed by atoms with Crippen LogP contribution in [-0.2, 0) is 14.3 Å². The number of carbonyl (C=O) groups excluding carboxylic acids is 1. The summed E-state index contributed by atoms with van der Waals surface area (Å²) in [6.07, 6.45) is -14.4. The quantitative estimate of drug-likeness (QED) is 0.225. The molecule has 130 valence electrons. The zero-order valence-corrected chi connectivity index (χ0v) is 11.8. The van der Waals surface area contributed by atoms with E-state index in [0.29, 0.717) is 0 Å². The maximum atomic E-state index is 10.7. The van der Waals surface area contributed by atoms with Crippen molar-refractivity contribution in [3.05, 3.63) is 0 Å². The number of aldehydes is 1. The van der Waals surface area contributed by atoms with Crippen molar-refractivity contribution in [1.82, 2.24) is 0 Å². The van der Waals surface area contributed by atoms with Gasteiger partial charge in [0.1, 0.15) is 42.7 Å². The first-order valence-corrected chi connectivity index (χ1v) is 6.70. The first-order valence-electron chi connectivity index (χ1n) is 6.70. The Labute approximate surface area is 126 Å². The largest absolute Gasteiger partial charge is 0.394 e. The molecule has 0 radical (unpaired) electrons. The Morgan fingerprint density at radius 3 is 2.23 bits per heavy atom. The van der Waals surface area contributed by atoms with Crippen molar-refractivity contribution in [2.75, 3.05) is 6.61 Å². The van der Waals surface area contributed by atoms with E-state index in [-0.39, 0.29) is 6.29 Å². The zero-order chi connectivity index (χ0) is 17.0. The van der Waals surface area contributed by atoms with Crippen molar-refractivity contribution < 1.29 is 50.0 Å².